The van der Waals surface area contributed by atoms with Crippen LogP contribution in [0.15, 0.2) is 22.8 Å². The fraction of sp³-hybridized carbons (Fsp3) is 0.455. The van der Waals surface area contributed by atoms with Crippen LogP contribution in [0.2, 0.25) is 0 Å². The molecule has 1 fully saturated rings. The van der Waals surface area contributed by atoms with E-state index in [1.807, 2.05) is 12.1 Å². The molecule has 0 radical (unpaired) electrons. The van der Waals surface area contributed by atoms with Gasteiger partial charge >= 0.3 is 0 Å². The Labute approximate surface area is 108 Å². The van der Waals surface area contributed by atoms with Crippen LogP contribution in [0.4, 0.5) is 5.82 Å². The zero-order valence-electron chi connectivity index (χ0n) is 9.40. The van der Waals surface area contributed by atoms with Crippen LogP contribution in [0.3, 0.4) is 0 Å². The van der Waals surface area contributed by atoms with Crippen molar-refractivity contribution in [3.05, 3.63) is 22.8 Å². The molecule has 1 saturated heterocycles. The van der Waals surface area contributed by atoms with E-state index in [0.717, 1.165) is 36.2 Å². The molecule has 6 heteroatoms. The lowest BCUT2D eigenvalue weighted by atomic mass is 9.96. The van der Waals surface area contributed by atoms with Gasteiger partial charge in [-0.1, -0.05) is 0 Å². The number of hydrogen-bond donors (Lipinski definition) is 2. The molecule has 0 spiro atoms. The summed E-state index contributed by atoms with van der Waals surface area (Å²) in [7, 11) is 0. The molecule has 1 aromatic rings. The van der Waals surface area contributed by atoms with E-state index in [9.17, 15) is 4.79 Å². The number of piperidine rings is 1. The Morgan fingerprint density at radius 1 is 1.53 bits per heavy atom. The van der Waals surface area contributed by atoms with E-state index >= 15 is 0 Å². The smallest absolute Gasteiger partial charge is 0.237 e. The molecule has 2 rings (SSSR count). The molecule has 3 N–H and O–H groups in total. The maximum Gasteiger partial charge on any atom is 0.237 e. The second-order valence-corrected chi connectivity index (χ2v) is 4.93. The SMILES string of the molecule is NNC(=O)C1CCN(c2ncccc2Br)CC1. The van der Waals surface area contributed by atoms with Gasteiger partial charge in [0, 0.05) is 25.2 Å². The van der Waals surface area contributed by atoms with Crippen LogP contribution in [0, 0.1) is 5.92 Å². The molecule has 0 saturated carbocycles. The number of pyridine rings is 1. The lowest BCUT2D eigenvalue weighted by molar-refractivity contribution is -0.125. The molecule has 1 amide bonds. The van der Waals surface area contributed by atoms with Crippen molar-refractivity contribution in [1.29, 1.82) is 0 Å². The van der Waals surface area contributed by atoms with Crippen molar-refractivity contribution < 1.29 is 4.79 Å². The number of hydrogen-bond acceptors (Lipinski definition) is 4. The molecular weight excluding hydrogens is 284 g/mol. The molecule has 0 bridgehead atoms. The molecule has 0 atom stereocenters. The summed E-state index contributed by atoms with van der Waals surface area (Å²) in [6.07, 6.45) is 3.40. The van der Waals surface area contributed by atoms with Crippen molar-refractivity contribution in [3.8, 4) is 0 Å². The highest BCUT2D eigenvalue weighted by Crippen LogP contribution is 2.27. The molecule has 0 unspecified atom stereocenters. The van der Waals surface area contributed by atoms with E-state index in [4.69, 9.17) is 5.84 Å². The maximum atomic E-state index is 11.4. The van der Waals surface area contributed by atoms with Crippen LogP contribution < -0.4 is 16.2 Å². The first-order valence-electron chi connectivity index (χ1n) is 5.58. The Morgan fingerprint density at radius 2 is 2.24 bits per heavy atom. The van der Waals surface area contributed by atoms with Crippen molar-refractivity contribution in [1.82, 2.24) is 10.4 Å². The lowest BCUT2D eigenvalue weighted by Crippen LogP contribution is -2.43. The van der Waals surface area contributed by atoms with Gasteiger partial charge in [0.15, 0.2) is 0 Å². The molecule has 2 heterocycles. The zero-order chi connectivity index (χ0) is 12.3. The highest BCUT2D eigenvalue weighted by molar-refractivity contribution is 9.10. The van der Waals surface area contributed by atoms with E-state index in [-0.39, 0.29) is 11.8 Å². The third-order valence-electron chi connectivity index (χ3n) is 3.05. The van der Waals surface area contributed by atoms with Gasteiger partial charge in [0.25, 0.3) is 0 Å². The Morgan fingerprint density at radius 3 is 2.82 bits per heavy atom. The number of carbonyl (C=O) groups is 1. The van der Waals surface area contributed by atoms with Crippen LogP contribution >= 0.6 is 15.9 Å². The van der Waals surface area contributed by atoms with E-state index < -0.39 is 0 Å². The number of nitrogens with two attached hydrogens (primary N) is 1. The minimum Gasteiger partial charge on any atom is -0.356 e. The standard InChI is InChI=1S/C11H15BrN4O/c12-9-2-1-5-14-10(9)16-6-3-8(4-7-16)11(17)15-13/h1-2,5,8H,3-4,6-7,13H2,(H,15,17). The highest BCUT2D eigenvalue weighted by atomic mass is 79.9. The third-order valence-corrected chi connectivity index (χ3v) is 3.67. The number of halogens is 1. The summed E-state index contributed by atoms with van der Waals surface area (Å²) in [5.74, 6) is 6.04. The van der Waals surface area contributed by atoms with Crippen LogP contribution in [-0.2, 0) is 4.79 Å². The van der Waals surface area contributed by atoms with Gasteiger partial charge in [-0.15, -0.1) is 0 Å². The van der Waals surface area contributed by atoms with Crippen LogP contribution in [-0.4, -0.2) is 24.0 Å². The van der Waals surface area contributed by atoms with E-state index in [0.29, 0.717) is 0 Å². The number of aromatic nitrogens is 1. The normalized spacial score (nSPS) is 16.9. The van der Waals surface area contributed by atoms with Crippen molar-refractivity contribution in [3.63, 3.8) is 0 Å². The van der Waals surface area contributed by atoms with Crippen LogP contribution in [0.5, 0.6) is 0 Å². The quantitative estimate of drug-likeness (QED) is 0.486. The lowest BCUT2D eigenvalue weighted by Gasteiger charge is -2.32. The largest absolute Gasteiger partial charge is 0.356 e. The Hall–Kier alpha value is -1.14. The fourth-order valence-electron chi connectivity index (χ4n) is 2.08. The van der Waals surface area contributed by atoms with Gasteiger partial charge < -0.3 is 4.90 Å². The highest BCUT2D eigenvalue weighted by Gasteiger charge is 2.25. The predicted molar refractivity (Wildman–Crippen MR) is 69.2 cm³/mol. The Kier molecular flexibility index (Phi) is 3.96. The number of anilines is 1. The van der Waals surface area contributed by atoms with Gasteiger partial charge in [0.1, 0.15) is 5.82 Å². The average molecular weight is 299 g/mol. The molecule has 17 heavy (non-hydrogen) atoms. The number of nitrogens with zero attached hydrogens (tertiary/aromatic N) is 2. The Balaban J connectivity index is 2.00. The van der Waals surface area contributed by atoms with Gasteiger partial charge in [-0.3, -0.25) is 10.2 Å². The fourth-order valence-corrected chi connectivity index (χ4v) is 2.59. The number of hydrazine groups is 1. The molecule has 1 aliphatic heterocycles. The number of rotatable bonds is 2. The van der Waals surface area contributed by atoms with Gasteiger partial charge in [-0.2, -0.15) is 0 Å². The minimum atomic E-state index is -0.0651. The minimum absolute atomic E-state index is 0.0266. The van der Waals surface area contributed by atoms with Crippen molar-refractivity contribution in [2.24, 2.45) is 11.8 Å². The first kappa shape index (κ1) is 12.3. The van der Waals surface area contributed by atoms with Crippen LogP contribution in [0.1, 0.15) is 12.8 Å². The summed E-state index contributed by atoms with van der Waals surface area (Å²) in [6, 6.07) is 3.86. The van der Waals surface area contributed by atoms with E-state index in [2.05, 4.69) is 31.2 Å². The maximum absolute atomic E-state index is 11.4. The number of carbonyl (C=O) groups excluding carboxylic acids is 1. The van der Waals surface area contributed by atoms with Crippen LogP contribution in [0.25, 0.3) is 0 Å². The van der Waals surface area contributed by atoms with E-state index in [1.54, 1.807) is 6.20 Å². The zero-order valence-corrected chi connectivity index (χ0v) is 11.0. The molecule has 92 valence electrons. The van der Waals surface area contributed by atoms with Gasteiger partial charge in [0.05, 0.1) is 4.47 Å². The molecular formula is C11H15BrN4O. The van der Waals surface area contributed by atoms with Crippen molar-refractivity contribution in [2.75, 3.05) is 18.0 Å². The Bertz CT molecular complexity index is 404. The van der Waals surface area contributed by atoms with Crippen molar-refractivity contribution in [2.45, 2.75) is 12.8 Å². The van der Waals surface area contributed by atoms with Gasteiger partial charge in [0.2, 0.25) is 5.91 Å². The first-order valence-corrected chi connectivity index (χ1v) is 6.37. The monoisotopic (exact) mass is 298 g/mol. The van der Waals surface area contributed by atoms with E-state index in [1.165, 1.54) is 0 Å². The predicted octanol–water partition coefficient (Wildman–Crippen LogP) is 1.05. The molecule has 1 aromatic heterocycles. The summed E-state index contributed by atoms with van der Waals surface area (Å²) in [5.41, 5.74) is 2.22. The van der Waals surface area contributed by atoms with Gasteiger partial charge in [-0.05, 0) is 40.9 Å². The molecule has 0 aromatic carbocycles. The third kappa shape index (κ3) is 2.76. The summed E-state index contributed by atoms with van der Waals surface area (Å²) >= 11 is 3.49. The second-order valence-electron chi connectivity index (χ2n) is 4.08. The summed E-state index contributed by atoms with van der Waals surface area (Å²) in [6.45, 7) is 1.65. The number of nitrogens with one attached hydrogen (secondary N) is 1. The summed E-state index contributed by atoms with van der Waals surface area (Å²) in [5, 5.41) is 0. The molecule has 0 aliphatic carbocycles. The second kappa shape index (κ2) is 5.46. The average Bonchev–Trinajstić information content (AvgIpc) is 2.39. The topological polar surface area (TPSA) is 71.2 Å². The van der Waals surface area contributed by atoms with Crippen molar-refractivity contribution >= 4 is 27.7 Å². The van der Waals surface area contributed by atoms with Gasteiger partial charge in [-0.25, -0.2) is 10.8 Å². The summed E-state index contributed by atoms with van der Waals surface area (Å²) < 4.78 is 0.988. The summed E-state index contributed by atoms with van der Waals surface area (Å²) in [4.78, 5) is 17.9. The first-order chi connectivity index (χ1) is 8.22. The number of amides is 1. The molecule has 5 nitrogen and oxygen atoms in total. The molecule has 1 aliphatic rings.